The smallest absolute Gasteiger partial charge is 0.246 e. The molecular formula is C27H36N6O4. The molecule has 1 aromatic heterocycles. The van der Waals surface area contributed by atoms with E-state index in [2.05, 4.69) is 35.7 Å². The zero-order valence-electron chi connectivity index (χ0n) is 21.7. The third-order valence-electron chi connectivity index (χ3n) is 6.97. The molecule has 0 bridgehead atoms. The summed E-state index contributed by atoms with van der Waals surface area (Å²) >= 11 is 0. The van der Waals surface area contributed by atoms with Crippen LogP contribution in [0.15, 0.2) is 30.9 Å². The molecule has 3 heterocycles. The van der Waals surface area contributed by atoms with Crippen molar-refractivity contribution in [2.24, 2.45) is 5.73 Å². The fraction of sp³-hybridized carbons (Fsp3) is 0.481. The zero-order valence-corrected chi connectivity index (χ0v) is 21.7. The number of aliphatic hydroxyl groups is 1. The van der Waals surface area contributed by atoms with Gasteiger partial charge in [0.1, 0.15) is 29.2 Å². The Kier molecular flexibility index (Phi) is 8.38. The van der Waals surface area contributed by atoms with Crippen LogP contribution in [0, 0.1) is 11.8 Å². The number of ether oxygens (including phenoxy) is 2. The number of aliphatic hydroxyl groups excluding tert-OH is 1. The summed E-state index contributed by atoms with van der Waals surface area (Å²) in [6.07, 6.45) is 2.69. The predicted molar refractivity (Wildman–Crippen MR) is 141 cm³/mol. The van der Waals surface area contributed by atoms with Crippen molar-refractivity contribution in [1.29, 1.82) is 0 Å². The SMILES string of the molecule is C=CC(=O)N1CC[C@H](n2nc(C#Cc3cc(OC)cc(OC)c3)c(C(N)O)c2NC2CCN(C)CC2)C1. The number of methoxy groups -OCH3 is 2. The molecule has 10 heteroatoms. The minimum atomic E-state index is -1.28. The van der Waals surface area contributed by atoms with Gasteiger partial charge in [0, 0.05) is 30.8 Å². The molecule has 2 saturated heterocycles. The highest BCUT2D eigenvalue weighted by Crippen LogP contribution is 2.33. The van der Waals surface area contributed by atoms with Crippen molar-refractivity contribution in [3.63, 3.8) is 0 Å². The summed E-state index contributed by atoms with van der Waals surface area (Å²) in [5.41, 5.74) is 7.60. The van der Waals surface area contributed by atoms with Gasteiger partial charge in [-0.25, -0.2) is 4.68 Å². The van der Waals surface area contributed by atoms with Crippen molar-refractivity contribution in [2.75, 3.05) is 52.8 Å². The highest BCUT2D eigenvalue weighted by molar-refractivity contribution is 5.87. The van der Waals surface area contributed by atoms with E-state index in [-0.39, 0.29) is 18.0 Å². The molecule has 1 aromatic carbocycles. The standard InChI is InChI=1S/C27H36N6O4/c1-5-24(34)32-13-10-20(17-32)33-27(29-19-8-11-31(2)12-9-19)25(26(28)35)23(30-33)7-6-18-14-21(36-3)16-22(15-18)37-4/h5,14-16,19-20,26,29,35H,1,8-13,17,28H2,2-4H3/t20-,26?/m0/s1. The first kappa shape index (κ1) is 26.5. The molecule has 2 fully saturated rings. The number of hydrogen-bond donors (Lipinski definition) is 3. The molecule has 4 rings (SSSR count). The highest BCUT2D eigenvalue weighted by atomic mass is 16.5. The van der Waals surface area contributed by atoms with Gasteiger partial charge in [0.2, 0.25) is 5.91 Å². The molecule has 37 heavy (non-hydrogen) atoms. The number of nitrogens with zero attached hydrogens (tertiary/aromatic N) is 4. The first-order valence-electron chi connectivity index (χ1n) is 12.5. The van der Waals surface area contributed by atoms with Crippen molar-refractivity contribution in [2.45, 2.75) is 37.6 Å². The van der Waals surface area contributed by atoms with Gasteiger partial charge in [-0.3, -0.25) is 4.79 Å². The maximum atomic E-state index is 12.2. The van der Waals surface area contributed by atoms with Gasteiger partial charge in [-0.05, 0) is 63.5 Å². The fourth-order valence-electron chi connectivity index (χ4n) is 4.86. The van der Waals surface area contributed by atoms with Crippen molar-refractivity contribution >= 4 is 11.7 Å². The quantitative estimate of drug-likeness (QED) is 0.294. The number of rotatable bonds is 7. The molecule has 0 saturated carbocycles. The average molecular weight is 509 g/mol. The van der Waals surface area contributed by atoms with Crippen LogP contribution in [-0.4, -0.2) is 84.1 Å². The summed E-state index contributed by atoms with van der Waals surface area (Å²) in [4.78, 5) is 16.3. The minimum Gasteiger partial charge on any atom is -0.497 e. The Balaban J connectivity index is 1.74. The van der Waals surface area contributed by atoms with Crippen LogP contribution in [0.25, 0.3) is 0 Å². The van der Waals surface area contributed by atoms with Crippen LogP contribution in [0.1, 0.15) is 48.4 Å². The lowest BCUT2D eigenvalue weighted by Gasteiger charge is -2.31. The van der Waals surface area contributed by atoms with Gasteiger partial charge in [-0.2, -0.15) is 5.10 Å². The summed E-state index contributed by atoms with van der Waals surface area (Å²) in [6, 6.07) is 5.51. The lowest BCUT2D eigenvalue weighted by molar-refractivity contribution is -0.125. The minimum absolute atomic E-state index is 0.0809. The van der Waals surface area contributed by atoms with Crippen LogP contribution >= 0.6 is 0 Å². The molecule has 2 aliphatic heterocycles. The number of benzene rings is 1. The van der Waals surface area contributed by atoms with E-state index in [1.807, 2.05) is 4.68 Å². The summed E-state index contributed by atoms with van der Waals surface area (Å²) in [5, 5.41) is 19.1. The van der Waals surface area contributed by atoms with Crippen molar-refractivity contribution in [3.8, 4) is 23.3 Å². The number of piperidine rings is 1. The number of amides is 1. The van der Waals surface area contributed by atoms with Gasteiger partial charge in [0.15, 0.2) is 0 Å². The summed E-state index contributed by atoms with van der Waals surface area (Å²) < 4.78 is 12.6. The first-order chi connectivity index (χ1) is 17.8. The van der Waals surface area contributed by atoms with E-state index in [9.17, 15) is 9.90 Å². The van der Waals surface area contributed by atoms with E-state index in [0.717, 1.165) is 32.4 Å². The molecular weight excluding hydrogens is 472 g/mol. The Labute approximate surface area is 218 Å². The summed E-state index contributed by atoms with van der Waals surface area (Å²) in [5.74, 6) is 8.03. The van der Waals surface area contributed by atoms with Crippen LogP contribution < -0.4 is 20.5 Å². The number of hydrogen-bond acceptors (Lipinski definition) is 8. The van der Waals surface area contributed by atoms with Crippen LogP contribution in [-0.2, 0) is 4.79 Å². The van der Waals surface area contributed by atoms with Crippen molar-refractivity contribution in [1.82, 2.24) is 19.6 Å². The molecule has 2 aromatic rings. The number of likely N-dealkylation sites (tertiary alicyclic amines) is 2. The second-order valence-corrected chi connectivity index (χ2v) is 9.50. The molecule has 198 valence electrons. The number of carbonyl (C=O) groups excluding carboxylic acids is 1. The predicted octanol–water partition coefficient (Wildman–Crippen LogP) is 1.72. The largest absolute Gasteiger partial charge is 0.497 e. The third-order valence-corrected chi connectivity index (χ3v) is 6.97. The first-order valence-corrected chi connectivity index (χ1v) is 12.5. The van der Waals surface area contributed by atoms with Gasteiger partial charge in [0.05, 0.1) is 25.8 Å². The van der Waals surface area contributed by atoms with Crippen LogP contribution in [0.3, 0.4) is 0 Å². The van der Waals surface area contributed by atoms with Gasteiger partial charge < -0.3 is 35.4 Å². The Hall–Kier alpha value is -3.52. The lowest BCUT2D eigenvalue weighted by atomic mass is 10.0. The van der Waals surface area contributed by atoms with Crippen LogP contribution in [0.5, 0.6) is 11.5 Å². The van der Waals surface area contributed by atoms with Crippen molar-refractivity contribution < 1.29 is 19.4 Å². The number of nitrogens with two attached hydrogens (primary N) is 1. The second kappa shape index (κ2) is 11.7. The molecule has 2 atom stereocenters. The fourth-order valence-corrected chi connectivity index (χ4v) is 4.86. The molecule has 0 radical (unpaired) electrons. The Bertz CT molecular complexity index is 1170. The summed E-state index contributed by atoms with van der Waals surface area (Å²) in [7, 11) is 5.28. The van der Waals surface area contributed by atoms with E-state index in [0.29, 0.717) is 47.2 Å². The molecule has 1 amide bonds. The average Bonchev–Trinajstić information content (AvgIpc) is 3.53. The number of carbonyl (C=O) groups is 1. The summed E-state index contributed by atoms with van der Waals surface area (Å²) in [6.45, 7) is 6.66. The van der Waals surface area contributed by atoms with Crippen LogP contribution in [0.2, 0.25) is 0 Å². The van der Waals surface area contributed by atoms with Gasteiger partial charge in [-0.15, -0.1) is 0 Å². The van der Waals surface area contributed by atoms with E-state index < -0.39 is 6.23 Å². The molecule has 1 unspecified atom stereocenters. The topological polar surface area (TPSA) is 118 Å². The normalized spacial score (nSPS) is 19.2. The monoisotopic (exact) mass is 508 g/mol. The van der Waals surface area contributed by atoms with Crippen molar-refractivity contribution in [3.05, 3.63) is 47.7 Å². The van der Waals surface area contributed by atoms with E-state index in [1.54, 1.807) is 37.3 Å². The highest BCUT2D eigenvalue weighted by Gasteiger charge is 2.32. The molecule has 0 aliphatic carbocycles. The number of aromatic nitrogens is 2. The van der Waals surface area contributed by atoms with E-state index in [1.165, 1.54) is 6.08 Å². The molecule has 0 spiro atoms. The zero-order chi connectivity index (χ0) is 26.5. The molecule has 2 aliphatic rings. The molecule has 10 nitrogen and oxygen atoms in total. The third kappa shape index (κ3) is 6.07. The maximum absolute atomic E-state index is 12.2. The van der Waals surface area contributed by atoms with E-state index in [4.69, 9.17) is 20.3 Å². The number of anilines is 1. The lowest BCUT2D eigenvalue weighted by Crippen LogP contribution is -2.37. The number of nitrogens with one attached hydrogen (secondary N) is 1. The maximum Gasteiger partial charge on any atom is 0.246 e. The van der Waals surface area contributed by atoms with Gasteiger partial charge in [0.25, 0.3) is 0 Å². The molecule has 4 N–H and O–H groups in total. The van der Waals surface area contributed by atoms with Gasteiger partial charge >= 0.3 is 0 Å². The van der Waals surface area contributed by atoms with Gasteiger partial charge in [-0.1, -0.05) is 12.5 Å². The van der Waals surface area contributed by atoms with Crippen LogP contribution in [0.4, 0.5) is 5.82 Å². The Morgan fingerprint density at radius 3 is 2.46 bits per heavy atom. The second-order valence-electron chi connectivity index (χ2n) is 9.50. The Morgan fingerprint density at radius 2 is 1.86 bits per heavy atom. The Morgan fingerprint density at radius 1 is 1.19 bits per heavy atom. The van der Waals surface area contributed by atoms with E-state index >= 15 is 0 Å².